The van der Waals surface area contributed by atoms with E-state index in [0.717, 1.165) is 10.6 Å². The molecule has 0 fully saturated rings. The summed E-state index contributed by atoms with van der Waals surface area (Å²) in [6, 6.07) is 8.53. The first kappa shape index (κ1) is 24.5. The number of amides is 1. The van der Waals surface area contributed by atoms with Crippen LogP contribution in [0.3, 0.4) is 0 Å². The fourth-order valence-corrected chi connectivity index (χ4v) is 3.86. The molecule has 0 saturated heterocycles. The van der Waals surface area contributed by atoms with Gasteiger partial charge in [-0.25, -0.2) is 4.98 Å². The number of esters is 1. The average Bonchev–Trinajstić information content (AvgIpc) is 3.19. The molecule has 0 unspecified atom stereocenters. The summed E-state index contributed by atoms with van der Waals surface area (Å²) in [5, 5.41) is 7.52. The first-order valence-electron chi connectivity index (χ1n) is 10.7. The van der Waals surface area contributed by atoms with Gasteiger partial charge < -0.3 is 14.8 Å². The van der Waals surface area contributed by atoms with E-state index in [1.54, 1.807) is 12.1 Å². The van der Waals surface area contributed by atoms with Crippen LogP contribution in [0.25, 0.3) is 4.96 Å². The third-order valence-corrected chi connectivity index (χ3v) is 5.76. The van der Waals surface area contributed by atoms with Crippen molar-refractivity contribution in [2.24, 2.45) is 0 Å². The van der Waals surface area contributed by atoms with E-state index in [2.05, 4.69) is 36.2 Å². The lowest BCUT2D eigenvalue weighted by Gasteiger charge is -2.19. The van der Waals surface area contributed by atoms with Gasteiger partial charge >= 0.3 is 5.97 Å². The van der Waals surface area contributed by atoms with E-state index < -0.39 is 5.97 Å². The minimum absolute atomic E-state index is 0.0114. The van der Waals surface area contributed by atoms with Crippen LogP contribution in [-0.2, 0) is 32.7 Å². The molecule has 0 atom stereocenters. The Bertz CT molecular complexity index is 1180. The molecular formula is C23H28N4O5S. The molecule has 176 valence electrons. The molecule has 0 aliphatic heterocycles. The van der Waals surface area contributed by atoms with Gasteiger partial charge in [0.15, 0.2) is 0 Å². The van der Waals surface area contributed by atoms with Gasteiger partial charge in [-0.3, -0.25) is 14.4 Å². The van der Waals surface area contributed by atoms with Gasteiger partial charge in [0.1, 0.15) is 18.2 Å². The molecule has 3 aromatic rings. The lowest BCUT2D eigenvalue weighted by Crippen LogP contribution is -2.30. The highest BCUT2D eigenvalue weighted by Crippen LogP contribution is 2.22. The number of hydrogen-bond acceptors (Lipinski definition) is 8. The zero-order valence-electron chi connectivity index (χ0n) is 19.2. The topological polar surface area (TPSA) is 112 Å². The van der Waals surface area contributed by atoms with Crippen molar-refractivity contribution in [3.8, 4) is 0 Å². The first-order chi connectivity index (χ1) is 15.7. The molecular weight excluding hydrogens is 444 g/mol. The van der Waals surface area contributed by atoms with Gasteiger partial charge in [0.05, 0.1) is 12.3 Å². The molecule has 0 radical (unpaired) electrons. The second kappa shape index (κ2) is 10.7. The van der Waals surface area contributed by atoms with Gasteiger partial charge in [-0.2, -0.15) is 9.61 Å². The molecule has 2 aromatic heterocycles. The third-order valence-electron chi connectivity index (χ3n) is 4.79. The fraction of sp³-hybridized carbons (Fsp3) is 0.435. The Balaban J connectivity index is 1.52. The monoisotopic (exact) mass is 472 g/mol. The molecule has 3 rings (SSSR count). The summed E-state index contributed by atoms with van der Waals surface area (Å²) in [5.74, 6) is -0.993. The highest BCUT2D eigenvalue weighted by Gasteiger charge is 2.15. The smallest absolute Gasteiger partial charge is 0.325 e. The van der Waals surface area contributed by atoms with E-state index in [0.29, 0.717) is 35.9 Å². The normalized spacial score (nSPS) is 11.5. The maximum Gasteiger partial charge on any atom is 0.325 e. The van der Waals surface area contributed by atoms with Crippen molar-refractivity contribution in [3.63, 3.8) is 0 Å². The average molecular weight is 473 g/mol. The molecule has 9 nitrogen and oxygen atoms in total. The number of nitrogens with one attached hydrogen (secondary N) is 1. The van der Waals surface area contributed by atoms with Crippen LogP contribution in [0.2, 0.25) is 0 Å². The molecule has 2 heterocycles. The Morgan fingerprint density at radius 1 is 1.18 bits per heavy atom. The highest BCUT2D eigenvalue weighted by molar-refractivity contribution is 7.16. The van der Waals surface area contributed by atoms with Gasteiger partial charge in [0.25, 0.3) is 11.5 Å². The Labute approximate surface area is 195 Å². The zero-order chi connectivity index (χ0) is 24.0. The van der Waals surface area contributed by atoms with Gasteiger partial charge in [0.2, 0.25) is 4.96 Å². The summed E-state index contributed by atoms with van der Waals surface area (Å²) in [4.78, 5) is 41.4. The van der Waals surface area contributed by atoms with E-state index in [1.807, 2.05) is 19.1 Å². The summed E-state index contributed by atoms with van der Waals surface area (Å²) >= 11 is 1.29. The Kier molecular flexibility index (Phi) is 7.93. The van der Waals surface area contributed by atoms with Gasteiger partial charge in [-0.15, -0.1) is 0 Å². The number of carbonyl (C=O) groups excluding carboxylic acids is 2. The molecule has 0 aliphatic rings. The van der Waals surface area contributed by atoms with E-state index in [1.165, 1.54) is 21.9 Å². The molecule has 0 spiro atoms. The number of hydrogen-bond donors (Lipinski definition) is 1. The van der Waals surface area contributed by atoms with Crippen LogP contribution in [0, 0.1) is 0 Å². The SMILES string of the molecule is CCOCCc1nn2c(=O)cc(COC(=O)CNC(=O)c3ccc(C(C)(C)C)cc3)nc2s1. The summed E-state index contributed by atoms with van der Waals surface area (Å²) in [6.07, 6.45) is 0.588. The second-order valence-electron chi connectivity index (χ2n) is 8.39. The van der Waals surface area contributed by atoms with Gasteiger partial charge in [0, 0.05) is 24.7 Å². The largest absolute Gasteiger partial charge is 0.458 e. The number of benzene rings is 1. The summed E-state index contributed by atoms with van der Waals surface area (Å²) in [7, 11) is 0. The van der Waals surface area contributed by atoms with Crippen molar-refractivity contribution in [3.05, 3.63) is 62.5 Å². The number of nitrogens with zero attached hydrogens (tertiary/aromatic N) is 3. The standard InChI is InChI=1S/C23H28N4O5S/c1-5-31-11-10-18-26-27-19(28)12-17(25-22(27)33-18)14-32-20(29)13-24-21(30)15-6-8-16(9-7-15)23(2,3)4/h6-9,12H,5,10-11,13-14H2,1-4H3,(H,24,30). The van der Waals surface area contributed by atoms with Crippen molar-refractivity contribution in [2.75, 3.05) is 19.8 Å². The van der Waals surface area contributed by atoms with E-state index in [-0.39, 0.29) is 30.0 Å². The number of aromatic nitrogens is 3. The summed E-state index contributed by atoms with van der Waals surface area (Å²) in [5.41, 5.74) is 1.53. The predicted molar refractivity (Wildman–Crippen MR) is 125 cm³/mol. The van der Waals surface area contributed by atoms with E-state index in [9.17, 15) is 14.4 Å². The highest BCUT2D eigenvalue weighted by atomic mass is 32.1. The fourth-order valence-electron chi connectivity index (χ4n) is 2.96. The number of fused-ring (bicyclic) bond motifs is 1. The second-order valence-corrected chi connectivity index (χ2v) is 9.43. The minimum Gasteiger partial charge on any atom is -0.458 e. The quantitative estimate of drug-likeness (QED) is 0.376. The molecule has 1 aromatic carbocycles. The molecule has 0 saturated carbocycles. The molecule has 10 heteroatoms. The Morgan fingerprint density at radius 2 is 1.91 bits per heavy atom. The van der Waals surface area contributed by atoms with Gasteiger partial charge in [-0.05, 0) is 30.0 Å². The Morgan fingerprint density at radius 3 is 2.58 bits per heavy atom. The summed E-state index contributed by atoms with van der Waals surface area (Å²) < 4.78 is 11.7. The van der Waals surface area contributed by atoms with Crippen LogP contribution in [0.5, 0.6) is 0 Å². The van der Waals surface area contributed by atoms with Crippen LogP contribution < -0.4 is 10.9 Å². The van der Waals surface area contributed by atoms with Gasteiger partial charge in [-0.1, -0.05) is 44.2 Å². The van der Waals surface area contributed by atoms with Crippen molar-refractivity contribution in [2.45, 2.75) is 46.1 Å². The lowest BCUT2D eigenvalue weighted by molar-refractivity contribution is -0.143. The van der Waals surface area contributed by atoms with Crippen LogP contribution in [0.15, 0.2) is 35.1 Å². The van der Waals surface area contributed by atoms with Crippen molar-refractivity contribution < 1.29 is 19.1 Å². The number of ether oxygens (including phenoxy) is 2. The van der Waals surface area contributed by atoms with E-state index in [4.69, 9.17) is 9.47 Å². The maximum atomic E-state index is 12.3. The van der Waals surface area contributed by atoms with Crippen molar-refractivity contribution in [1.82, 2.24) is 19.9 Å². The zero-order valence-corrected chi connectivity index (χ0v) is 20.0. The Hall–Kier alpha value is -3.11. The van der Waals surface area contributed by atoms with E-state index >= 15 is 0 Å². The molecule has 1 amide bonds. The van der Waals surface area contributed by atoms with Crippen molar-refractivity contribution in [1.29, 1.82) is 0 Å². The van der Waals surface area contributed by atoms with Crippen LogP contribution in [0.1, 0.15) is 54.3 Å². The predicted octanol–water partition coefficient (Wildman–Crippen LogP) is 2.50. The summed E-state index contributed by atoms with van der Waals surface area (Å²) in [6.45, 7) is 8.86. The molecule has 0 bridgehead atoms. The maximum absolute atomic E-state index is 12.3. The number of carbonyl (C=O) groups is 2. The van der Waals surface area contributed by atoms with Crippen LogP contribution in [0.4, 0.5) is 0 Å². The molecule has 0 aliphatic carbocycles. The lowest BCUT2D eigenvalue weighted by atomic mass is 9.87. The van der Waals surface area contributed by atoms with Crippen LogP contribution in [-0.4, -0.2) is 46.2 Å². The first-order valence-corrected chi connectivity index (χ1v) is 11.5. The van der Waals surface area contributed by atoms with Crippen LogP contribution >= 0.6 is 11.3 Å². The third kappa shape index (κ3) is 6.69. The molecule has 33 heavy (non-hydrogen) atoms. The minimum atomic E-state index is -0.627. The number of rotatable bonds is 9. The van der Waals surface area contributed by atoms with Crippen molar-refractivity contribution >= 4 is 28.2 Å². The molecule has 1 N–H and O–H groups in total.